The van der Waals surface area contributed by atoms with E-state index in [0.29, 0.717) is 17.5 Å². The van der Waals surface area contributed by atoms with Crippen molar-refractivity contribution >= 4 is 11.6 Å². The Morgan fingerprint density at radius 2 is 1.80 bits per heavy atom. The van der Waals surface area contributed by atoms with Gasteiger partial charge in [0.25, 0.3) is 0 Å². The Balaban J connectivity index is 1.60. The van der Waals surface area contributed by atoms with Crippen molar-refractivity contribution < 1.29 is 9.47 Å². The molecule has 0 spiro atoms. The van der Waals surface area contributed by atoms with E-state index in [-0.39, 0.29) is 0 Å². The zero-order chi connectivity index (χ0) is 18.0. The summed E-state index contributed by atoms with van der Waals surface area (Å²) in [5, 5.41) is 7.10. The second-order valence-electron chi connectivity index (χ2n) is 7.61. The molecule has 138 valence electrons. The maximum atomic E-state index is 5.38. The number of anilines is 1. The van der Waals surface area contributed by atoms with Crippen molar-refractivity contribution in [2.24, 2.45) is 10.4 Å². The van der Waals surface area contributed by atoms with Crippen LogP contribution >= 0.6 is 0 Å². The summed E-state index contributed by atoms with van der Waals surface area (Å²) in [7, 11) is 5.20. The summed E-state index contributed by atoms with van der Waals surface area (Å²) in [6.45, 7) is 6.50. The van der Waals surface area contributed by atoms with Crippen LogP contribution in [-0.2, 0) is 0 Å². The lowest BCUT2D eigenvalue weighted by Crippen LogP contribution is -2.46. The van der Waals surface area contributed by atoms with Crippen LogP contribution in [0.2, 0.25) is 0 Å². The van der Waals surface area contributed by atoms with Crippen molar-refractivity contribution in [2.45, 2.75) is 38.8 Å². The second-order valence-corrected chi connectivity index (χ2v) is 7.61. The third kappa shape index (κ3) is 4.11. The predicted molar refractivity (Wildman–Crippen MR) is 102 cm³/mol. The Morgan fingerprint density at radius 1 is 1.16 bits per heavy atom. The quantitative estimate of drug-likeness (QED) is 0.633. The average Bonchev–Trinajstić information content (AvgIpc) is 2.99. The lowest BCUT2D eigenvalue weighted by molar-refractivity contribution is 0.394. The van der Waals surface area contributed by atoms with Gasteiger partial charge in [0.1, 0.15) is 11.5 Å². The number of hydrogen-bond acceptors (Lipinski definition) is 4. The monoisotopic (exact) mass is 346 g/mol. The molecule has 1 aromatic rings. The fourth-order valence-electron chi connectivity index (χ4n) is 3.33. The lowest BCUT2D eigenvalue weighted by Gasteiger charge is -2.21. The van der Waals surface area contributed by atoms with Crippen LogP contribution in [0.5, 0.6) is 11.5 Å². The van der Waals surface area contributed by atoms with Crippen LogP contribution in [0.25, 0.3) is 0 Å². The minimum Gasteiger partial charge on any atom is -0.497 e. The van der Waals surface area contributed by atoms with Crippen LogP contribution in [0, 0.1) is 5.41 Å². The molecule has 1 aliphatic carbocycles. The molecule has 0 bridgehead atoms. The fourth-order valence-corrected chi connectivity index (χ4v) is 3.33. The summed E-state index contributed by atoms with van der Waals surface area (Å²) in [6.07, 6.45) is 2.28. The Kier molecular flexibility index (Phi) is 4.97. The molecule has 0 amide bonds. The Hall–Kier alpha value is -2.11. The van der Waals surface area contributed by atoms with E-state index in [9.17, 15) is 0 Å². The van der Waals surface area contributed by atoms with Crippen molar-refractivity contribution in [2.75, 3.05) is 39.3 Å². The minimum absolute atomic E-state index is 0.380. The van der Waals surface area contributed by atoms with E-state index in [1.807, 2.05) is 13.1 Å². The number of rotatable bonds is 5. The second kappa shape index (κ2) is 7.02. The number of nitrogens with zero attached hydrogens (tertiary/aromatic N) is 2. The zero-order valence-corrected chi connectivity index (χ0v) is 15.9. The molecule has 25 heavy (non-hydrogen) atoms. The number of hydrogen-bond donors (Lipinski definition) is 2. The maximum Gasteiger partial charge on any atom is 0.191 e. The standard InChI is InChI=1S/C19H30N4O2/c1-19(2)11-17(19)22-18(20-3)21-13-6-7-23(12-13)14-8-15(24-4)10-16(9-14)25-5/h8-10,13,17H,6-7,11-12H2,1-5H3,(H2,20,21,22). The number of nitrogens with one attached hydrogen (secondary N) is 2. The first-order chi connectivity index (χ1) is 11.9. The highest BCUT2D eigenvalue weighted by Gasteiger charge is 2.46. The fraction of sp³-hybridized carbons (Fsp3) is 0.632. The number of methoxy groups -OCH3 is 2. The number of guanidine groups is 1. The smallest absolute Gasteiger partial charge is 0.191 e. The number of aliphatic imine (C=N–C) groups is 1. The highest BCUT2D eigenvalue weighted by molar-refractivity contribution is 5.81. The molecule has 2 aliphatic rings. The van der Waals surface area contributed by atoms with Gasteiger partial charge in [-0.15, -0.1) is 0 Å². The van der Waals surface area contributed by atoms with Gasteiger partial charge in [0, 0.05) is 56.1 Å². The molecule has 2 unspecified atom stereocenters. The maximum absolute atomic E-state index is 5.38. The van der Waals surface area contributed by atoms with Gasteiger partial charge in [-0.3, -0.25) is 4.99 Å². The van der Waals surface area contributed by atoms with Gasteiger partial charge < -0.3 is 25.0 Å². The van der Waals surface area contributed by atoms with Crippen LogP contribution in [0.3, 0.4) is 0 Å². The first-order valence-electron chi connectivity index (χ1n) is 8.93. The van der Waals surface area contributed by atoms with Crippen molar-refractivity contribution in [3.05, 3.63) is 18.2 Å². The Morgan fingerprint density at radius 3 is 2.32 bits per heavy atom. The highest BCUT2D eigenvalue weighted by atomic mass is 16.5. The molecular formula is C19H30N4O2. The molecule has 2 fully saturated rings. The topological polar surface area (TPSA) is 58.1 Å². The molecule has 3 rings (SSSR count). The van der Waals surface area contributed by atoms with Crippen molar-refractivity contribution in [3.8, 4) is 11.5 Å². The summed E-state index contributed by atoms with van der Waals surface area (Å²) in [6, 6.07) is 6.93. The van der Waals surface area contributed by atoms with Crippen LogP contribution in [-0.4, -0.2) is 52.4 Å². The van der Waals surface area contributed by atoms with Gasteiger partial charge in [0.2, 0.25) is 0 Å². The molecular weight excluding hydrogens is 316 g/mol. The number of ether oxygens (including phenoxy) is 2. The van der Waals surface area contributed by atoms with E-state index >= 15 is 0 Å². The van der Waals surface area contributed by atoms with Crippen LogP contribution < -0.4 is 25.0 Å². The normalized spacial score (nSPS) is 24.8. The van der Waals surface area contributed by atoms with Crippen molar-refractivity contribution in [3.63, 3.8) is 0 Å². The molecule has 2 N–H and O–H groups in total. The zero-order valence-electron chi connectivity index (χ0n) is 15.9. The van der Waals surface area contributed by atoms with E-state index in [4.69, 9.17) is 9.47 Å². The first-order valence-corrected chi connectivity index (χ1v) is 8.93. The first kappa shape index (κ1) is 17.7. The molecule has 1 aromatic carbocycles. The van der Waals surface area contributed by atoms with E-state index in [2.05, 4.69) is 46.5 Å². The predicted octanol–water partition coefficient (Wildman–Crippen LogP) is 2.25. The summed E-state index contributed by atoms with van der Waals surface area (Å²) < 4.78 is 10.8. The SMILES string of the molecule is CN=C(NC1CCN(c2cc(OC)cc(OC)c2)C1)NC1CC1(C)C. The molecule has 6 heteroatoms. The molecule has 0 radical (unpaired) electrons. The van der Waals surface area contributed by atoms with E-state index in [1.165, 1.54) is 6.42 Å². The van der Waals surface area contributed by atoms with Crippen LogP contribution in [0.4, 0.5) is 5.69 Å². The van der Waals surface area contributed by atoms with Crippen LogP contribution in [0.1, 0.15) is 26.7 Å². The summed E-state index contributed by atoms with van der Waals surface area (Å²) in [5.41, 5.74) is 1.52. The minimum atomic E-state index is 0.380. The van der Waals surface area contributed by atoms with Crippen molar-refractivity contribution in [1.29, 1.82) is 0 Å². The third-order valence-electron chi connectivity index (χ3n) is 5.28. The Bertz CT molecular complexity index is 622. The summed E-state index contributed by atoms with van der Waals surface area (Å²) in [5.74, 6) is 2.55. The molecule has 2 atom stereocenters. The summed E-state index contributed by atoms with van der Waals surface area (Å²) in [4.78, 5) is 6.74. The molecule has 1 aliphatic heterocycles. The molecule has 0 aromatic heterocycles. The van der Waals surface area contributed by atoms with E-state index in [1.54, 1.807) is 14.2 Å². The van der Waals surface area contributed by atoms with Gasteiger partial charge in [-0.05, 0) is 18.3 Å². The van der Waals surface area contributed by atoms with Gasteiger partial charge in [0.15, 0.2) is 5.96 Å². The number of benzene rings is 1. The molecule has 1 heterocycles. The molecule has 6 nitrogen and oxygen atoms in total. The van der Waals surface area contributed by atoms with Gasteiger partial charge in [-0.2, -0.15) is 0 Å². The average molecular weight is 346 g/mol. The van der Waals surface area contributed by atoms with Crippen molar-refractivity contribution in [1.82, 2.24) is 10.6 Å². The van der Waals surface area contributed by atoms with Gasteiger partial charge in [-0.25, -0.2) is 0 Å². The van der Waals surface area contributed by atoms with Crippen LogP contribution in [0.15, 0.2) is 23.2 Å². The lowest BCUT2D eigenvalue weighted by atomic mass is 10.2. The molecule has 1 saturated heterocycles. The van der Waals surface area contributed by atoms with E-state index < -0.39 is 0 Å². The van der Waals surface area contributed by atoms with Gasteiger partial charge in [-0.1, -0.05) is 13.8 Å². The molecule has 1 saturated carbocycles. The van der Waals surface area contributed by atoms with Gasteiger partial charge in [0.05, 0.1) is 14.2 Å². The van der Waals surface area contributed by atoms with Gasteiger partial charge >= 0.3 is 0 Å². The highest BCUT2D eigenvalue weighted by Crippen LogP contribution is 2.44. The Labute approximate surface area is 150 Å². The summed E-state index contributed by atoms with van der Waals surface area (Å²) >= 11 is 0. The third-order valence-corrected chi connectivity index (χ3v) is 5.28. The largest absolute Gasteiger partial charge is 0.497 e. The van der Waals surface area contributed by atoms with E-state index in [0.717, 1.165) is 42.7 Å².